The summed E-state index contributed by atoms with van der Waals surface area (Å²) in [4.78, 5) is 73.1. The molecule has 0 amide bonds. The molecule has 17 nitrogen and oxygen atoms in total. The summed E-state index contributed by atoms with van der Waals surface area (Å²) in [7, 11) is -9.92. The van der Waals surface area contributed by atoms with Crippen LogP contribution in [0.5, 0.6) is 0 Å². The number of hydrogen-bond donors (Lipinski definition) is 3. The van der Waals surface area contributed by atoms with Gasteiger partial charge in [-0.2, -0.15) is 0 Å². The lowest BCUT2D eigenvalue weighted by molar-refractivity contribution is -0.161. The van der Waals surface area contributed by atoms with E-state index >= 15 is 0 Å². The highest BCUT2D eigenvalue weighted by Crippen LogP contribution is 2.45. The quantitative estimate of drug-likeness (QED) is 0.0222. The zero-order chi connectivity index (χ0) is 74.9. The van der Waals surface area contributed by atoms with E-state index in [1.54, 1.807) is 0 Å². The number of unbranched alkanes of at least 4 members (excludes halogenated alkanes) is 52. The maximum absolute atomic E-state index is 13.1. The molecular formula is C83H162O17P2. The third-order valence-electron chi connectivity index (χ3n) is 19.5. The second kappa shape index (κ2) is 74.5. The molecule has 5 atom stereocenters. The number of carbonyl (C=O) groups excluding carboxylic acids is 4. The maximum Gasteiger partial charge on any atom is 0.472 e. The summed E-state index contributed by atoms with van der Waals surface area (Å²) in [5.41, 5.74) is 0. The summed E-state index contributed by atoms with van der Waals surface area (Å²) < 4.78 is 68.8. The van der Waals surface area contributed by atoms with Gasteiger partial charge in [-0.05, 0) is 37.5 Å². The van der Waals surface area contributed by atoms with Gasteiger partial charge < -0.3 is 33.8 Å². The molecule has 2 unspecified atom stereocenters. The first-order chi connectivity index (χ1) is 49.4. The van der Waals surface area contributed by atoms with Crippen molar-refractivity contribution in [3.05, 3.63) is 0 Å². The van der Waals surface area contributed by atoms with Gasteiger partial charge in [-0.15, -0.1) is 0 Å². The fraction of sp³-hybridized carbons (Fsp3) is 0.952. The van der Waals surface area contributed by atoms with Crippen LogP contribution in [0.1, 0.15) is 440 Å². The van der Waals surface area contributed by atoms with Crippen LogP contribution in [0.3, 0.4) is 0 Å². The number of aliphatic hydroxyl groups excluding tert-OH is 1. The average Bonchev–Trinajstić information content (AvgIpc) is 0.937. The summed E-state index contributed by atoms with van der Waals surface area (Å²) in [5.74, 6) is -0.558. The van der Waals surface area contributed by atoms with Crippen molar-refractivity contribution in [1.29, 1.82) is 0 Å². The van der Waals surface area contributed by atoms with Crippen LogP contribution >= 0.6 is 15.6 Å². The third kappa shape index (κ3) is 76.3. The minimum absolute atomic E-state index is 0.107. The van der Waals surface area contributed by atoms with Gasteiger partial charge in [-0.25, -0.2) is 9.13 Å². The number of esters is 4. The number of rotatable bonds is 82. The van der Waals surface area contributed by atoms with Crippen LogP contribution in [0, 0.1) is 11.8 Å². The minimum atomic E-state index is -4.96. The van der Waals surface area contributed by atoms with Gasteiger partial charge in [0.1, 0.15) is 19.3 Å². The van der Waals surface area contributed by atoms with Crippen molar-refractivity contribution in [3.63, 3.8) is 0 Å². The van der Waals surface area contributed by atoms with Gasteiger partial charge in [0.05, 0.1) is 26.4 Å². The van der Waals surface area contributed by atoms with Gasteiger partial charge in [0.15, 0.2) is 12.2 Å². The van der Waals surface area contributed by atoms with Crippen molar-refractivity contribution in [2.45, 2.75) is 458 Å². The number of phosphoric ester groups is 2. The number of phosphoric acid groups is 2. The zero-order valence-corrected chi connectivity index (χ0v) is 68.7. The Kier molecular flexibility index (Phi) is 73.1. The predicted octanol–water partition coefficient (Wildman–Crippen LogP) is 25.1. The first kappa shape index (κ1) is 100. The van der Waals surface area contributed by atoms with Crippen LogP contribution in [0.2, 0.25) is 0 Å². The largest absolute Gasteiger partial charge is 0.472 e. The van der Waals surface area contributed by atoms with Gasteiger partial charge in [-0.3, -0.25) is 37.3 Å². The predicted molar refractivity (Wildman–Crippen MR) is 418 cm³/mol. The molecule has 0 spiro atoms. The molecule has 0 rings (SSSR count). The molecule has 606 valence electrons. The van der Waals surface area contributed by atoms with E-state index in [4.69, 9.17) is 37.0 Å². The first-order valence-corrected chi connectivity index (χ1v) is 46.0. The van der Waals surface area contributed by atoms with Crippen LogP contribution < -0.4 is 0 Å². The molecule has 0 aliphatic rings. The number of hydrogen-bond acceptors (Lipinski definition) is 15. The van der Waals surface area contributed by atoms with Crippen molar-refractivity contribution < 1.29 is 80.2 Å². The van der Waals surface area contributed by atoms with E-state index in [1.807, 2.05) is 0 Å². The lowest BCUT2D eigenvalue weighted by Gasteiger charge is -2.21. The van der Waals surface area contributed by atoms with Crippen molar-refractivity contribution in [2.75, 3.05) is 39.6 Å². The van der Waals surface area contributed by atoms with Crippen LogP contribution in [0.25, 0.3) is 0 Å². The van der Waals surface area contributed by atoms with E-state index in [0.717, 1.165) is 102 Å². The molecule has 0 bridgehead atoms. The Morgan fingerprint density at radius 2 is 0.451 bits per heavy atom. The Balaban J connectivity index is 5.23. The fourth-order valence-electron chi connectivity index (χ4n) is 12.9. The molecule has 0 aromatic rings. The van der Waals surface area contributed by atoms with Gasteiger partial charge >= 0.3 is 39.5 Å². The molecule has 19 heteroatoms. The summed E-state index contributed by atoms with van der Waals surface area (Å²) >= 11 is 0. The standard InChI is InChI=1S/C83H162O17P2/c1-7-9-11-13-15-17-19-21-22-25-29-33-36-40-47-53-59-65-80(85)93-71-78(99-83(88)68-62-56-50-42-38-34-30-27-24-23-26-28-32-35-39-45-51-57-63-75(3)4)73-97-101(89,90)95-69-77(84)70-96-102(91,92)98-74-79(72-94-81(86)66-60-54-48-44-43-46-52-58-64-76(5)6)100-82(87)67-61-55-49-41-37-31-20-18-16-14-12-10-8-2/h75-79,84H,7-74H2,1-6H3,(H,89,90)(H,91,92)/t77-,78-,79-/m1/s1. The van der Waals surface area contributed by atoms with Gasteiger partial charge in [0, 0.05) is 25.7 Å². The summed E-state index contributed by atoms with van der Waals surface area (Å²) in [6.07, 6.45) is 65.3. The van der Waals surface area contributed by atoms with Crippen molar-refractivity contribution in [1.82, 2.24) is 0 Å². The average molecular weight is 1490 g/mol. The normalized spacial score (nSPS) is 13.9. The molecule has 0 aliphatic carbocycles. The van der Waals surface area contributed by atoms with E-state index in [2.05, 4.69) is 41.5 Å². The minimum Gasteiger partial charge on any atom is -0.462 e. The first-order valence-electron chi connectivity index (χ1n) is 43.0. The Labute approximate surface area is 626 Å². The van der Waals surface area contributed by atoms with Crippen LogP contribution in [-0.4, -0.2) is 96.7 Å². The van der Waals surface area contributed by atoms with E-state index < -0.39 is 97.5 Å². The number of aliphatic hydroxyl groups is 1. The van der Waals surface area contributed by atoms with Crippen molar-refractivity contribution >= 4 is 39.5 Å². The van der Waals surface area contributed by atoms with E-state index in [9.17, 15) is 43.2 Å². The highest BCUT2D eigenvalue weighted by molar-refractivity contribution is 7.47. The molecule has 0 radical (unpaired) electrons. The van der Waals surface area contributed by atoms with E-state index in [1.165, 1.54) is 257 Å². The van der Waals surface area contributed by atoms with Crippen LogP contribution in [0.4, 0.5) is 0 Å². The molecular weight excluding hydrogens is 1330 g/mol. The Morgan fingerprint density at radius 1 is 0.265 bits per heavy atom. The van der Waals surface area contributed by atoms with Gasteiger partial charge in [0.2, 0.25) is 0 Å². The molecule has 0 fully saturated rings. The summed E-state index contributed by atoms with van der Waals surface area (Å²) in [6, 6.07) is 0. The van der Waals surface area contributed by atoms with E-state index in [0.29, 0.717) is 25.7 Å². The maximum atomic E-state index is 13.1. The Morgan fingerprint density at radius 3 is 0.667 bits per heavy atom. The van der Waals surface area contributed by atoms with E-state index in [-0.39, 0.29) is 25.7 Å². The van der Waals surface area contributed by atoms with Gasteiger partial charge in [-0.1, -0.05) is 388 Å². The molecule has 102 heavy (non-hydrogen) atoms. The molecule has 0 saturated carbocycles. The lowest BCUT2D eigenvalue weighted by Crippen LogP contribution is -2.30. The Bertz CT molecular complexity index is 1960. The fourth-order valence-corrected chi connectivity index (χ4v) is 14.5. The van der Waals surface area contributed by atoms with Crippen LogP contribution in [0.15, 0.2) is 0 Å². The summed E-state index contributed by atoms with van der Waals surface area (Å²) in [6.45, 7) is 9.65. The SMILES string of the molecule is CCCCCCCCCCCCCCCCCCCC(=O)OC[C@H](COP(=O)(O)OC[C@@H](O)COP(=O)(O)OC[C@@H](COC(=O)CCCCCCCCCCC(C)C)OC(=O)CCCCCCCCCCCCCCC)OC(=O)CCCCCCCCCCCCCCCCCCCCC(C)C. The third-order valence-corrected chi connectivity index (χ3v) is 21.4. The highest BCUT2D eigenvalue weighted by atomic mass is 31.2. The Hall–Kier alpha value is -1.94. The summed E-state index contributed by atoms with van der Waals surface area (Å²) in [5, 5.41) is 10.7. The molecule has 0 aromatic heterocycles. The number of ether oxygens (including phenoxy) is 4. The van der Waals surface area contributed by atoms with Crippen LogP contribution in [-0.2, 0) is 65.4 Å². The highest BCUT2D eigenvalue weighted by Gasteiger charge is 2.30. The molecule has 0 heterocycles. The second-order valence-corrected chi connectivity index (χ2v) is 33.7. The molecule has 0 saturated heterocycles. The molecule has 0 aromatic carbocycles. The zero-order valence-electron chi connectivity index (χ0n) is 66.9. The van der Waals surface area contributed by atoms with Gasteiger partial charge in [0.25, 0.3) is 0 Å². The smallest absolute Gasteiger partial charge is 0.462 e. The topological polar surface area (TPSA) is 237 Å². The monoisotopic (exact) mass is 1490 g/mol. The lowest BCUT2D eigenvalue weighted by atomic mass is 10.0. The van der Waals surface area contributed by atoms with Crippen molar-refractivity contribution in [3.8, 4) is 0 Å². The number of carbonyl (C=O) groups is 4. The second-order valence-electron chi connectivity index (χ2n) is 30.8. The molecule has 3 N–H and O–H groups in total. The molecule has 0 aliphatic heterocycles. The van der Waals surface area contributed by atoms with Crippen molar-refractivity contribution in [2.24, 2.45) is 11.8 Å².